The molecule has 0 aromatic carbocycles. The summed E-state index contributed by atoms with van der Waals surface area (Å²) in [7, 11) is -2.82. The molecule has 0 N–H and O–H groups in total. The highest BCUT2D eigenvalue weighted by molar-refractivity contribution is 8.12. The number of carbonyl (C=O) groups excluding carboxylic acids is 8. The maximum atomic E-state index is 11.3. The van der Waals surface area contributed by atoms with Crippen molar-refractivity contribution in [2.45, 2.75) is 123 Å². The van der Waals surface area contributed by atoms with Crippen molar-refractivity contribution in [3.8, 4) is 0 Å². The molecular weight excluding hydrogens is 1010 g/mol. The molecule has 427 valence electrons. The van der Waals surface area contributed by atoms with Crippen LogP contribution in [-0.4, -0.2) is 66.3 Å². The highest BCUT2D eigenvalue weighted by atomic mass is 32.2. The summed E-state index contributed by atoms with van der Waals surface area (Å²) in [6.45, 7) is 27.8. The molecule has 0 spiro atoms. The largest absolute Gasteiger partial charge is 0.463 e. The zero-order valence-electron chi connectivity index (χ0n) is 50.3. The lowest BCUT2D eigenvalue weighted by molar-refractivity contribution is -0.193. The van der Waals surface area contributed by atoms with E-state index >= 15 is 0 Å². The van der Waals surface area contributed by atoms with Crippen molar-refractivity contribution in [1.29, 1.82) is 1.34 Å². The van der Waals surface area contributed by atoms with Crippen molar-refractivity contribution in [1.82, 2.24) is 0 Å². The Morgan fingerprint density at radius 2 is 0.797 bits per heavy atom. The third-order valence-electron chi connectivity index (χ3n) is 8.73. The molecule has 0 aromatic heterocycles. The van der Waals surface area contributed by atoms with E-state index in [9.17, 15) is 27.6 Å². The van der Waals surface area contributed by atoms with Gasteiger partial charge in [-0.1, -0.05) is 229 Å². The number of rotatable bonds is 28. The van der Waals surface area contributed by atoms with Crippen molar-refractivity contribution >= 4 is 53.9 Å². The molecular formula is C66H88BO11S. The average Bonchev–Trinajstić information content (AvgIpc) is 3.42. The topological polar surface area (TPSA) is 180 Å². The standard InChI is InChI=1S/C26H34O2.C18H24O.C12H16O2.C8H14BO2S.2CO2/c1-7-13-22(3)16-11-17-23(4)14-9-10-15-24(5)18-12-19-25(6)20-21-26(27)28-8-2;1-5-6-10-16(2)13-9-14-17(3)11-7-8-12-18(4)15-19;1-11(9-13)7-5-3-4-6-8-12(2)10-14;1-3-4-5-8(2)6-7-12(9,10)11;2*2-1-3/h7,9-21H,8H2,1-6H3;6-15H,5H2,1-4H3;3,5,7-10H,4,6H2,1-2H3;4-6,9H,3,7H2,1-2H3;;/b10-9+,13-7+,17-11+,18-12+,21-20+,22-16+,23-14+,24-15+,25-19+;8-7+,10-6+,14-9+,16-13+,17-11+,18-12+;5-3+,11-7+,12-8+;5-4+,8-6+;;/i;;;9T;;. The van der Waals surface area contributed by atoms with Gasteiger partial charge in [-0.25, -0.2) is 13.2 Å². The zero-order chi connectivity index (χ0) is 62.3. The van der Waals surface area contributed by atoms with Crippen LogP contribution in [-0.2, 0) is 52.8 Å². The van der Waals surface area contributed by atoms with Gasteiger partial charge in [0.05, 0.1) is 22.0 Å². The summed E-state index contributed by atoms with van der Waals surface area (Å²) in [5.41, 5.74) is 10.0. The first-order valence-corrected chi connectivity index (χ1v) is 27.1. The Hall–Kier alpha value is -7.95. The van der Waals surface area contributed by atoms with Crippen LogP contribution in [0.25, 0.3) is 0 Å². The number of unbranched alkanes of at least 4 members (excludes halogenated alkanes) is 1. The predicted octanol–water partition coefficient (Wildman–Crippen LogP) is 14.8. The number of hydrogen-bond donors (Lipinski definition) is 0. The lowest BCUT2D eigenvalue weighted by Gasteiger charge is -1.94. The van der Waals surface area contributed by atoms with Crippen LogP contribution in [0.4, 0.5) is 0 Å². The molecule has 0 fully saturated rings. The first-order chi connectivity index (χ1) is 38.0. The first-order valence-electron chi connectivity index (χ1n) is 26.0. The van der Waals surface area contributed by atoms with E-state index in [1.807, 2.05) is 133 Å². The van der Waals surface area contributed by atoms with Crippen molar-refractivity contribution < 1.29 is 51.5 Å². The molecule has 0 saturated heterocycles. The van der Waals surface area contributed by atoms with Gasteiger partial charge in [0.1, 0.15) is 18.9 Å². The summed E-state index contributed by atoms with van der Waals surface area (Å²) < 4.78 is 33.2. The molecule has 0 bridgehead atoms. The number of aldehydes is 3. The predicted molar refractivity (Wildman–Crippen MR) is 330 cm³/mol. The number of hydrogen-bond acceptors (Lipinski definition) is 11. The van der Waals surface area contributed by atoms with E-state index in [4.69, 9.17) is 25.3 Å². The highest BCUT2D eigenvalue weighted by Crippen LogP contribution is 2.05. The molecule has 0 amide bonds. The normalized spacial score (nSPS) is 13.8. The van der Waals surface area contributed by atoms with Crippen LogP contribution < -0.4 is 0 Å². The third kappa shape index (κ3) is 79.1. The first kappa shape index (κ1) is 79.9. The van der Waals surface area contributed by atoms with Crippen molar-refractivity contribution in [2.24, 2.45) is 0 Å². The molecule has 0 saturated carbocycles. The van der Waals surface area contributed by atoms with Crippen molar-refractivity contribution in [3.05, 3.63) is 238 Å². The van der Waals surface area contributed by atoms with Crippen LogP contribution in [0.15, 0.2) is 238 Å². The lowest BCUT2D eigenvalue weighted by atomic mass is 10.2. The Morgan fingerprint density at radius 1 is 0.443 bits per heavy atom. The molecule has 1 radical (unpaired) electrons. The summed E-state index contributed by atoms with van der Waals surface area (Å²) >= 11 is 0. The SMILES string of the molecule is C/C(C=O)=C\C=C\CC/C=C(\C)C=O.C/C=C/C(C)=C/C=C/C(C)=C/C=C/C=C(C)/C=C/C=C(C)/C=C/C(=O)OCC.CC/C=C/C(C)=C/C=C/C(C)=C/C=C/C=C(\C)C=O.O=C=O.O=C=O.[3H][B]S(=O)(=O)C/C=C(C)/C=C/CC. The summed E-state index contributed by atoms with van der Waals surface area (Å²) in [6, 6.07) is 0. The molecule has 0 unspecified atom stereocenters. The zero-order valence-corrected chi connectivity index (χ0v) is 50.1. The second-order valence-corrected chi connectivity index (χ2v) is 18.2. The van der Waals surface area contributed by atoms with Crippen LogP contribution in [0, 0.1) is 0 Å². The Kier molecular flexibility index (Phi) is 63.3. The molecule has 0 atom stereocenters. The van der Waals surface area contributed by atoms with Crippen molar-refractivity contribution in [3.63, 3.8) is 0 Å². The highest BCUT2D eigenvalue weighted by Gasteiger charge is 1.97. The van der Waals surface area contributed by atoms with Gasteiger partial charge in [-0.05, 0) is 127 Å². The van der Waals surface area contributed by atoms with E-state index < -0.39 is 9.69 Å². The molecule has 0 aliphatic carbocycles. The van der Waals surface area contributed by atoms with E-state index in [1.54, 1.807) is 52.0 Å². The Morgan fingerprint density at radius 3 is 1.18 bits per heavy atom. The van der Waals surface area contributed by atoms with Gasteiger partial charge in [-0.15, -0.1) is 0 Å². The number of carbonyl (C=O) groups is 4. The minimum Gasteiger partial charge on any atom is -0.463 e. The molecule has 0 aliphatic rings. The number of esters is 1. The third-order valence-corrected chi connectivity index (χ3v) is 9.37. The van der Waals surface area contributed by atoms with Crippen LogP contribution in [0.5, 0.6) is 0 Å². The molecule has 0 heterocycles. The Labute approximate surface area is 477 Å². The summed E-state index contributed by atoms with van der Waals surface area (Å²) in [5, 5.41) is 0. The van der Waals surface area contributed by atoms with Gasteiger partial charge >= 0.3 is 18.3 Å². The minimum absolute atomic E-state index is 0.0869. The number of allylic oxidation sites excluding steroid dienone is 38. The van der Waals surface area contributed by atoms with E-state index in [-0.39, 0.29) is 24.0 Å². The monoisotopic (exact) mass is 1100 g/mol. The van der Waals surface area contributed by atoms with Gasteiger partial charge in [0.25, 0.3) is 7.09 Å². The average molecular weight is 1100 g/mol. The number of ether oxygens (including phenoxy) is 1. The maximum Gasteiger partial charge on any atom is 0.373 e. The fourth-order valence-corrected chi connectivity index (χ4v) is 5.14. The molecule has 79 heavy (non-hydrogen) atoms. The Balaban J connectivity index is -0.000000230. The summed E-state index contributed by atoms with van der Waals surface area (Å²) in [6.07, 6.45) is 65.4. The summed E-state index contributed by atoms with van der Waals surface area (Å²) in [5.74, 6) is -0.404. The molecule has 0 aromatic rings. The lowest BCUT2D eigenvalue weighted by Crippen LogP contribution is -2.01. The Bertz CT molecular complexity index is 2600. The fraction of sp³-hybridized carbons (Fsp3) is 0.303. The van der Waals surface area contributed by atoms with Gasteiger partial charge in [0.2, 0.25) is 0 Å². The van der Waals surface area contributed by atoms with Gasteiger partial charge in [0, 0.05) is 6.08 Å². The molecule has 0 aliphatic heterocycles. The molecule has 11 nitrogen and oxygen atoms in total. The van der Waals surface area contributed by atoms with Crippen LogP contribution >= 0.6 is 0 Å². The van der Waals surface area contributed by atoms with Gasteiger partial charge in [-0.3, -0.25) is 14.4 Å². The molecule has 0 rings (SSSR count). The molecule has 13 heteroatoms. The van der Waals surface area contributed by atoms with E-state index in [1.165, 1.54) is 22.8 Å². The maximum absolute atomic E-state index is 11.3. The summed E-state index contributed by atoms with van der Waals surface area (Å²) in [4.78, 5) is 74.5. The second kappa shape index (κ2) is 62.6. The van der Waals surface area contributed by atoms with Crippen molar-refractivity contribution in [2.75, 3.05) is 12.4 Å². The van der Waals surface area contributed by atoms with E-state index in [0.717, 1.165) is 78.0 Å². The van der Waals surface area contributed by atoms with Crippen LogP contribution in [0.1, 0.15) is 123 Å². The van der Waals surface area contributed by atoms with Crippen LogP contribution in [0.2, 0.25) is 0 Å². The van der Waals surface area contributed by atoms with Gasteiger partial charge < -0.3 is 4.74 Å². The van der Waals surface area contributed by atoms with Crippen LogP contribution in [0.3, 0.4) is 0 Å². The van der Waals surface area contributed by atoms with E-state index in [0.29, 0.717) is 19.3 Å². The fourth-order valence-electron chi connectivity index (χ4n) is 4.64. The van der Waals surface area contributed by atoms with Gasteiger partial charge in [-0.2, -0.15) is 19.2 Å². The smallest absolute Gasteiger partial charge is 0.373 e. The van der Waals surface area contributed by atoms with E-state index in [2.05, 4.69) is 88.5 Å². The van der Waals surface area contributed by atoms with Gasteiger partial charge in [0.15, 0.2) is 0 Å². The minimum atomic E-state index is -3.31. The quantitative estimate of drug-likeness (QED) is 0.0182. The second-order valence-electron chi connectivity index (χ2n) is 16.6.